The van der Waals surface area contributed by atoms with E-state index >= 15 is 0 Å². The normalized spacial score (nSPS) is 9.90. The lowest BCUT2D eigenvalue weighted by atomic mass is 10.1. The number of nitriles is 1. The number of hydrogen-bond donors (Lipinski definition) is 0. The van der Waals surface area contributed by atoms with E-state index < -0.39 is 0 Å². The van der Waals surface area contributed by atoms with Crippen LogP contribution in [0, 0.1) is 17.1 Å². The Hall–Kier alpha value is -2.06. The topological polar surface area (TPSA) is 42.2 Å². The van der Waals surface area contributed by atoms with Gasteiger partial charge in [-0.25, -0.2) is 4.39 Å². The fourth-order valence-electron chi connectivity index (χ4n) is 1.69. The molecule has 0 spiro atoms. The van der Waals surface area contributed by atoms with E-state index in [2.05, 4.69) is 22.0 Å². The minimum Gasteiger partial charge on any atom is -0.495 e. The van der Waals surface area contributed by atoms with Gasteiger partial charge in [-0.2, -0.15) is 5.26 Å². The molecule has 3 nitrogen and oxygen atoms in total. The van der Waals surface area contributed by atoms with Crippen LogP contribution in [-0.2, 0) is 6.61 Å². The molecule has 0 fully saturated rings. The largest absolute Gasteiger partial charge is 0.495 e. The highest BCUT2D eigenvalue weighted by atomic mass is 79.9. The van der Waals surface area contributed by atoms with Gasteiger partial charge in [0.2, 0.25) is 0 Å². The summed E-state index contributed by atoms with van der Waals surface area (Å²) in [5, 5.41) is 9.01. The molecule has 0 unspecified atom stereocenters. The molecule has 2 aromatic carbocycles. The highest BCUT2D eigenvalue weighted by molar-refractivity contribution is 9.10. The summed E-state index contributed by atoms with van der Waals surface area (Å²) in [5.41, 5.74) is 1.28. The maximum Gasteiger partial charge on any atom is 0.136 e. The SMILES string of the molecule is COc1ccc(COc2ccc(F)cc2Br)cc1C#N. The van der Waals surface area contributed by atoms with Crippen LogP contribution in [-0.4, -0.2) is 7.11 Å². The first kappa shape index (κ1) is 14.4. The third-order valence-corrected chi connectivity index (χ3v) is 3.29. The van der Waals surface area contributed by atoms with Crippen molar-refractivity contribution in [3.63, 3.8) is 0 Å². The van der Waals surface area contributed by atoms with E-state index in [0.717, 1.165) is 5.56 Å². The van der Waals surface area contributed by atoms with Gasteiger partial charge in [-0.3, -0.25) is 0 Å². The molecule has 0 aromatic heterocycles. The van der Waals surface area contributed by atoms with Crippen LogP contribution in [0.2, 0.25) is 0 Å². The van der Waals surface area contributed by atoms with Crippen LogP contribution >= 0.6 is 15.9 Å². The highest BCUT2D eigenvalue weighted by Gasteiger charge is 2.06. The Kier molecular flexibility index (Phi) is 4.59. The monoisotopic (exact) mass is 335 g/mol. The van der Waals surface area contributed by atoms with Gasteiger partial charge in [-0.05, 0) is 51.8 Å². The molecule has 102 valence electrons. The third kappa shape index (κ3) is 3.28. The zero-order chi connectivity index (χ0) is 14.5. The Morgan fingerprint density at radius 1 is 1.20 bits per heavy atom. The van der Waals surface area contributed by atoms with Gasteiger partial charge in [-0.15, -0.1) is 0 Å². The first-order valence-electron chi connectivity index (χ1n) is 5.79. The Bertz CT molecular complexity index is 667. The van der Waals surface area contributed by atoms with Crippen LogP contribution < -0.4 is 9.47 Å². The number of benzene rings is 2. The Morgan fingerprint density at radius 2 is 1.95 bits per heavy atom. The number of nitrogens with zero attached hydrogens (tertiary/aromatic N) is 1. The van der Waals surface area contributed by atoms with Crippen LogP contribution in [0.1, 0.15) is 11.1 Å². The molecular formula is C15H11BrFNO2. The van der Waals surface area contributed by atoms with Gasteiger partial charge in [0.1, 0.15) is 30.0 Å². The molecule has 0 heterocycles. The van der Waals surface area contributed by atoms with Crippen molar-refractivity contribution in [2.24, 2.45) is 0 Å². The fraction of sp³-hybridized carbons (Fsp3) is 0.133. The quantitative estimate of drug-likeness (QED) is 0.846. The van der Waals surface area contributed by atoms with E-state index in [4.69, 9.17) is 14.7 Å². The van der Waals surface area contributed by atoms with Crippen LogP contribution in [0.4, 0.5) is 4.39 Å². The smallest absolute Gasteiger partial charge is 0.136 e. The molecule has 0 saturated heterocycles. The fourth-order valence-corrected chi connectivity index (χ4v) is 2.15. The van der Waals surface area contributed by atoms with E-state index in [1.165, 1.54) is 19.2 Å². The van der Waals surface area contributed by atoms with E-state index in [9.17, 15) is 4.39 Å². The molecule has 0 aliphatic carbocycles. The van der Waals surface area contributed by atoms with Crippen LogP contribution in [0.3, 0.4) is 0 Å². The number of hydrogen-bond acceptors (Lipinski definition) is 3. The number of ether oxygens (including phenoxy) is 2. The Labute approximate surface area is 124 Å². The zero-order valence-electron chi connectivity index (χ0n) is 10.7. The summed E-state index contributed by atoms with van der Waals surface area (Å²) in [6.45, 7) is 0.281. The molecule has 2 rings (SSSR count). The van der Waals surface area contributed by atoms with Crippen molar-refractivity contribution < 1.29 is 13.9 Å². The molecule has 20 heavy (non-hydrogen) atoms. The van der Waals surface area contributed by atoms with Gasteiger partial charge >= 0.3 is 0 Å². The Morgan fingerprint density at radius 3 is 2.60 bits per heavy atom. The van der Waals surface area contributed by atoms with E-state index in [1.54, 1.807) is 18.2 Å². The molecule has 0 aliphatic rings. The number of methoxy groups -OCH3 is 1. The van der Waals surface area contributed by atoms with Crippen LogP contribution in [0.5, 0.6) is 11.5 Å². The van der Waals surface area contributed by atoms with Crippen LogP contribution in [0.15, 0.2) is 40.9 Å². The van der Waals surface area contributed by atoms with Crippen molar-refractivity contribution in [2.45, 2.75) is 6.61 Å². The predicted octanol–water partition coefficient (Wildman–Crippen LogP) is 4.05. The second kappa shape index (κ2) is 6.40. The third-order valence-electron chi connectivity index (χ3n) is 2.67. The summed E-state index contributed by atoms with van der Waals surface area (Å²) in [7, 11) is 1.52. The molecular weight excluding hydrogens is 325 g/mol. The van der Waals surface area contributed by atoms with Gasteiger partial charge in [0.05, 0.1) is 17.1 Å². The summed E-state index contributed by atoms with van der Waals surface area (Å²) in [6, 6.07) is 11.5. The van der Waals surface area contributed by atoms with Gasteiger partial charge in [0.15, 0.2) is 0 Å². The average Bonchev–Trinajstić information content (AvgIpc) is 2.46. The summed E-state index contributed by atoms with van der Waals surface area (Å²) in [5.74, 6) is 0.736. The lowest BCUT2D eigenvalue weighted by molar-refractivity contribution is 0.303. The van der Waals surface area contributed by atoms with Crippen molar-refractivity contribution >= 4 is 15.9 Å². The zero-order valence-corrected chi connectivity index (χ0v) is 12.3. The van der Waals surface area contributed by atoms with E-state index in [-0.39, 0.29) is 12.4 Å². The molecule has 0 radical (unpaired) electrons. The summed E-state index contributed by atoms with van der Waals surface area (Å²) in [4.78, 5) is 0. The lowest BCUT2D eigenvalue weighted by Gasteiger charge is -2.09. The summed E-state index contributed by atoms with van der Waals surface area (Å²) in [6.07, 6.45) is 0. The second-order valence-electron chi connectivity index (χ2n) is 4.01. The van der Waals surface area contributed by atoms with Gasteiger partial charge in [0, 0.05) is 0 Å². The maximum atomic E-state index is 13.0. The minimum atomic E-state index is -0.333. The maximum absolute atomic E-state index is 13.0. The molecule has 5 heteroatoms. The molecule has 0 N–H and O–H groups in total. The van der Waals surface area contributed by atoms with Crippen molar-refractivity contribution in [3.8, 4) is 17.6 Å². The first-order chi connectivity index (χ1) is 9.63. The molecule has 0 atom stereocenters. The molecule has 2 aromatic rings. The molecule has 0 amide bonds. The van der Waals surface area contributed by atoms with Gasteiger partial charge < -0.3 is 9.47 Å². The Balaban J connectivity index is 2.13. The van der Waals surface area contributed by atoms with E-state index in [1.807, 2.05) is 6.07 Å². The summed E-state index contributed by atoms with van der Waals surface area (Å²) < 4.78 is 24.2. The van der Waals surface area contributed by atoms with Crippen molar-refractivity contribution in [3.05, 3.63) is 57.8 Å². The van der Waals surface area contributed by atoms with Crippen molar-refractivity contribution in [2.75, 3.05) is 7.11 Å². The van der Waals surface area contributed by atoms with Crippen molar-refractivity contribution in [1.29, 1.82) is 5.26 Å². The number of rotatable bonds is 4. The molecule has 0 bridgehead atoms. The number of halogens is 2. The van der Waals surface area contributed by atoms with E-state index in [0.29, 0.717) is 21.5 Å². The summed E-state index contributed by atoms with van der Waals surface area (Å²) >= 11 is 3.23. The first-order valence-corrected chi connectivity index (χ1v) is 6.58. The predicted molar refractivity (Wildman–Crippen MR) is 76.1 cm³/mol. The standard InChI is InChI=1S/C15H11BrFNO2/c1-19-14-4-2-10(6-11(14)8-18)9-20-15-5-3-12(17)7-13(15)16/h2-7H,9H2,1H3. The van der Waals surface area contributed by atoms with Gasteiger partial charge in [-0.1, -0.05) is 6.07 Å². The molecule has 0 aliphatic heterocycles. The molecule has 0 saturated carbocycles. The lowest BCUT2D eigenvalue weighted by Crippen LogP contribution is -1.98. The average molecular weight is 336 g/mol. The van der Waals surface area contributed by atoms with Gasteiger partial charge in [0.25, 0.3) is 0 Å². The minimum absolute atomic E-state index is 0.281. The van der Waals surface area contributed by atoms with Crippen LogP contribution in [0.25, 0.3) is 0 Å². The van der Waals surface area contributed by atoms with Crippen molar-refractivity contribution in [1.82, 2.24) is 0 Å². The second-order valence-corrected chi connectivity index (χ2v) is 4.86. The highest BCUT2D eigenvalue weighted by Crippen LogP contribution is 2.27.